The molecular weight excluding hydrogens is 347 g/mol. The van der Waals surface area contributed by atoms with Crippen LogP contribution in [-0.2, 0) is 6.42 Å². The number of carbonyl (C=O) groups is 1. The van der Waals surface area contributed by atoms with Gasteiger partial charge in [-0.2, -0.15) is 0 Å². The third-order valence-corrected chi connectivity index (χ3v) is 5.10. The Morgan fingerprint density at radius 1 is 1.33 bits per heavy atom. The molecule has 0 spiro atoms. The van der Waals surface area contributed by atoms with E-state index in [0.717, 1.165) is 43.6 Å². The molecule has 0 N–H and O–H groups in total. The van der Waals surface area contributed by atoms with Crippen molar-refractivity contribution in [3.8, 4) is 0 Å². The van der Waals surface area contributed by atoms with E-state index in [1.54, 1.807) is 6.07 Å². The molecule has 0 saturated carbocycles. The average molecular weight is 367 g/mol. The van der Waals surface area contributed by atoms with E-state index >= 15 is 0 Å². The van der Waals surface area contributed by atoms with Crippen LogP contribution in [0.2, 0.25) is 10.2 Å². The number of aromatic nitrogens is 1. The van der Waals surface area contributed by atoms with E-state index in [9.17, 15) is 4.79 Å². The standard InChI is InChI=1S/C18H20Cl2N2O2/c1-2-13-7-8-16(24-13)15-6-4-3-5-9-22(15)18(23)12-10-14(19)17(20)21-11-12/h7-8,10-11,15H,2-6,9H2,1H3. The summed E-state index contributed by atoms with van der Waals surface area (Å²) >= 11 is 11.9. The molecule has 1 aliphatic heterocycles. The van der Waals surface area contributed by atoms with Crippen molar-refractivity contribution in [3.05, 3.63) is 51.7 Å². The number of hydrogen-bond donors (Lipinski definition) is 0. The number of nitrogens with zero attached hydrogens (tertiary/aromatic N) is 2. The summed E-state index contributed by atoms with van der Waals surface area (Å²) in [6.07, 6.45) is 6.41. The molecule has 2 aromatic heterocycles. The van der Waals surface area contributed by atoms with E-state index < -0.39 is 0 Å². The Morgan fingerprint density at radius 2 is 2.17 bits per heavy atom. The number of hydrogen-bond acceptors (Lipinski definition) is 3. The van der Waals surface area contributed by atoms with Crippen LogP contribution in [0, 0.1) is 0 Å². The van der Waals surface area contributed by atoms with Crippen molar-refractivity contribution in [1.82, 2.24) is 9.88 Å². The second kappa shape index (κ2) is 7.58. The number of pyridine rings is 1. The SMILES string of the molecule is CCc1ccc(C2CCCCCN2C(=O)c2cnc(Cl)c(Cl)c2)o1. The molecule has 0 aromatic carbocycles. The Bertz CT molecular complexity index is 730. The Balaban J connectivity index is 1.91. The lowest BCUT2D eigenvalue weighted by Crippen LogP contribution is -2.34. The maximum Gasteiger partial charge on any atom is 0.256 e. The molecular formula is C18H20Cl2N2O2. The molecule has 128 valence electrons. The van der Waals surface area contributed by atoms with Gasteiger partial charge in [0.15, 0.2) is 0 Å². The van der Waals surface area contributed by atoms with Crippen LogP contribution in [0.1, 0.15) is 60.5 Å². The molecule has 1 aliphatic rings. The van der Waals surface area contributed by atoms with Crippen molar-refractivity contribution in [2.45, 2.75) is 45.1 Å². The Hall–Kier alpha value is -1.52. The molecule has 3 rings (SSSR count). The second-order valence-electron chi connectivity index (χ2n) is 6.02. The van der Waals surface area contributed by atoms with Crippen LogP contribution < -0.4 is 0 Å². The van der Waals surface area contributed by atoms with E-state index in [1.807, 2.05) is 17.0 Å². The molecule has 0 aliphatic carbocycles. The molecule has 1 amide bonds. The molecule has 1 saturated heterocycles. The zero-order valence-corrected chi connectivity index (χ0v) is 15.1. The fraction of sp³-hybridized carbons (Fsp3) is 0.444. The molecule has 2 aromatic rings. The predicted molar refractivity (Wildman–Crippen MR) is 94.6 cm³/mol. The van der Waals surface area contributed by atoms with Crippen LogP contribution in [-0.4, -0.2) is 22.3 Å². The van der Waals surface area contributed by atoms with Crippen LogP contribution in [0.3, 0.4) is 0 Å². The van der Waals surface area contributed by atoms with Crippen molar-refractivity contribution in [1.29, 1.82) is 0 Å². The van der Waals surface area contributed by atoms with Gasteiger partial charge in [0.2, 0.25) is 0 Å². The van der Waals surface area contributed by atoms with E-state index in [2.05, 4.69) is 11.9 Å². The molecule has 1 fully saturated rings. The number of likely N-dealkylation sites (tertiary alicyclic amines) is 1. The lowest BCUT2D eigenvalue weighted by Gasteiger charge is -2.28. The average Bonchev–Trinajstić information content (AvgIpc) is 2.93. The summed E-state index contributed by atoms with van der Waals surface area (Å²) in [6.45, 7) is 2.76. The summed E-state index contributed by atoms with van der Waals surface area (Å²) in [5.41, 5.74) is 0.457. The minimum absolute atomic E-state index is 0.0465. The van der Waals surface area contributed by atoms with Gasteiger partial charge in [0.05, 0.1) is 16.6 Å². The highest BCUT2D eigenvalue weighted by Gasteiger charge is 2.30. The van der Waals surface area contributed by atoms with Crippen LogP contribution in [0.15, 0.2) is 28.8 Å². The number of amides is 1. The number of rotatable bonds is 3. The van der Waals surface area contributed by atoms with Crippen LogP contribution >= 0.6 is 23.2 Å². The maximum absolute atomic E-state index is 13.0. The Morgan fingerprint density at radius 3 is 2.88 bits per heavy atom. The van der Waals surface area contributed by atoms with Crippen molar-refractivity contribution >= 4 is 29.1 Å². The van der Waals surface area contributed by atoms with E-state index in [1.165, 1.54) is 6.20 Å². The second-order valence-corrected chi connectivity index (χ2v) is 6.78. The van der Waals surface area contributed by atoms with Gasteiger partial charge in [0.25, 0.3) is 5.91 Å². The van der Waals surface area contributed by atoms with Crippen molar-refractivity contribution < 1.29 is 9.21 Å². The van der Waals surface area contributed by atoms with Gasteiger partial charge in [-0.15, -0.1) is 0 Å². The third kappa shape index (κ3) is 3.60. The molecule has 4 nitrogen and oxygen atoms in total. The Labute approximate surface area is 151 Å². The highest BCUT2D eigenvalue weighted by Crippen LogP contribution is 2.33. The Kier molecular flexibility index (Phi) is 5.47. The summed E-state index contributed by atoms with van der Waals surface area (Å²) in [5, 5.41) is 0.499. The van der Waals surface area contributed by atoms with Gasteiger partial charge < -0.3 is 9.32 Å². The minimum atomic E-state index is -0.0811. The molecule has 24 heavy (non-hydrogen) atoms. The molecule has 6 heteroatoms. The fourth-order valence-electron chi connectivity index (χ4n) is 3.11. The molecule has 1 atom stereocenters. The van der Waals surface area contributed by atoms with Crippen LogP contribution in [0.25, 0.3) is 0 Å². The van der Waals surface area contributed by atoms with Gasteiger partial charge in [0.1, 0.15) is 16.7 Å². The van der Waals surface area contributed by atoms with Crippen LogP contribution in [0.4, 0.5) is 0 Å². The third-order valence-electron chi connectivity index (χ3n) is 4.42. The van der Waals surface area contributed by atoms with E-state index in [-0.39, 0.29) is 17.1 Å². The smallest absolute Gasteiger partial charge is 0.256 e. The topological polar surface area (TPSA) is 46.3 Å². The first kappa shape index (κ1) is 17.3. The predicted octanol–water partition coefficient (Wildman–Crippen LogP) is 5.30. The molecule has 0 bridgehead atoms. The summed E-state index contributed by atoms with van der Waals surface area (Å²) in [6, 6.07) is 5.52. The quantitative estimate of drug-likeness (QED) is 0.692. The monoisotopic (exact) mass is 366 g/mol. The van der Waals surface area contributed by atoms with Gasteiger partial charge in [-0.05, 0) is 31.0 Å². The lowest BCUT2D eigenvalue weighted by molar-refractivity contribution is 0.0656. The summed E-state index contributed by atoms with van der Waals surface area (Å²) in [5.74, 6) is 1.72. The van der Waals surface area contributed by atoms with Gasteiger partial charge in [-0.25, -0.2) is 4.98 Å². The number of aryl methyl sites for hydroxylation is 1. The number of carbonyl (C=O) groups excluding carboxylic acids is 1. The first-order chi connectivity index (χ1) is 11.6. The van der Waals surface area contributed by atoms with Gasteiger partial charge in [-0.3, -0.25) is 4.79 Å². The summed E-state index contributed by atoms with van der Waals surface area (Å²) in [4.78, 5) is 18.9. The molecule has 3 heterocycles. The van der Waals surface area contributed by atoms with Gasteiger partial charge >= 0.3 is 0 Å². The highest BCUT2D eigenvalue weighted by molar-refractivity contribution is 6.41. The van der Waals surface area contributed by atoms with Gasteiger partial charge in [0, 0.05) is 19.2 Å². The first-order valence-corrected chi connectivity index (χ1v) is 9.06. The van der Waals surface area contributed by atoms with Gasteiger partial charge in [-0.1, -0.05) is 43.0 Å². The van der Waals surface area contributed by atoms with E-state index in [0.29, 0.717) is 17.1 Å². The highest BCUT2D eigenvalue weighted by atomic mass is 35.5. The fourth-order valence-corrected chi connectivity index (χ4v) is 3.38. The summed E-state index contributed by atoms with van der Waals surface area (Å²) in [7, 11) is 0. The largest absolute Gasteiger partial charge is 0.464 e. The molecule has 1 unspecified atom stereocenters. The van der Waals surface area contributed by atoms with Crippen molar-refractivity contribution in [2.24, 2.45) is 0 Å². The first-order valence-electron chi connectivity index (χ1n) is 8.30. The number of furan rings is 1. The zero-order valence-electron chi connectivity index (χ0n) is 13.6. The maximum atomic E-state index is 13.0. The minimum Gasteiger partial charge on any atom is -0.464 e. The molecule has 0 radical (unpaired) electrons. The van der Waals surface area contributed by atoms with Crippen LogP contribution in [0.5, 0.6) is 0 Å². The number of halogens is 2. The van der Waals surface area contributed by atoms with E-state index in [4.69, 9.17) is 27.6 Å². The zero-order chi connectivity index (χ0) is 17.1. The lowest BCUT2D eigenvalue weighted by atomic mass is 10.1. The normalized spacial score (nSPS) is 18.5. The van der Waals surface area contributed by atoms with Crippen molar-refractivity contribution in [3.63, 3.8) is 0 Å². The summed E-state index contributed by atoms with van der Waals surface area (Å²) < 4.78 is 5.93. The van der Waals surface area contributed by atoms with Crippen molar-refractivity contribution in [2.75, 3.05) is 6.54 Å².